The van der Waals surface area contributed by atoms with Crippen molar-refractivity contribution in [2.24, 2.45) is 0 Å². The number of nitrogens with one attached hydrogen (secondary N) is 2. The number of methoxy groups -OCH3 is 1. The van der Waals surface area contributed by atoms with Crippen molar-refractivity contribution in [3.8, 4) is 0 Å². The van der Waals surface area contributed by atoms with Crippen LogP contribution in [-0.2, 0) is 24.2 Å². The Balaban J connectivity index is 1.73. The average molecular weight is 395 g/mol. The van der Waals surface area contributed by atoms with Gasteiger partial charge in [-0.2, -0.15) is 5.10 Å². The molecule has 29 heavy (non-hydrogen) atoms. The second kappa shape index (κ2) is 9.18. The fourth-order valence-electron chi connectivity index (χ4n) is 3.36. The fraction of sp³-hybridized carbons (Fsp3) is 0.333. The predicted octanol–water partition coefficient (Wildman–Crippen LogP) is 2.63. The molecule has 8 nitrogen and oxygen atoms in total. The minimum atomic E-state index is -0.429. The lowest BCUT2D eigenvalue weighted by atomic mass is 10.0. The Bertz CT molecular complexity index is 992. The number of rotatable bonds is 8. The smallest absolute Gasteiger partial charge is 0.339 e. The predicted molar refractivity (Wildman–Crippen MR) is 108 cm³/mol. The maximum atomic E-state index is 12.8. The Morgan fingerprint density at radius 2 is 2.07 bits per heavy atom. The number of ether oxygens (including phenoxy) is 1. The summed E-state index contributed by atoms with van der Waals surface area (Å²) in [5, 5.41) is 7.05. The minimum Gasteiger partial charge on any atom is -0.465 e. The molecule has 0 atom stereocenters. The van der Waals surface area contributed by atoms with Crippen LogP contribution >= 0.6 is 0 Å². The Morgan fingerprint density at radius 1 is 1.28 bits per heavy atom. The van der Waals surface area contributed by atoms with E-state index >= 15 is 0 Å². The van der Waals surface area contributed by atoms with Crippen molar-refractivity contribution in [2.75, 3.05) is 7.11 Å². The molecule has 0 radical (unpaired) electrons. The lowest BCUT2D eigenvalue weighted by Gasteiger charge is -2.09. The highest BCUT2D eigenvalue weighted by atomic mass is 16.5. The van der Waals surface area contributed by atoms with Crippen LogP contribution in [0.15, 0.2) is 36.9 Å². The van der Waals surface area contributed by atoms with Crippen molar-refractivity contribution in [3.63, 3.8) is 0 Å². The van der Waals surface area contributed by atoms with Crippen LogP contribution in [0.25, 0.3) is 0 Å². The van der Waals surface area contributed by atoms with Gasteiger partial charge in [0.15, 0.2) is 0 Å². The van der Waals surface area contributed by atoms with E-state index in [4.69, 9.17) is 4.74 Å². The van der Waals surface area contributed by atoms with E-state index in [0.717, 1.165) is 17.5 Å². The third kappa shape index (κ3) is 4.71. The van der Waals surface area contributed by atoms with Crippen LogP contribution in [-0.4, -0.2) is 38.7 Å². The number of aryl methyl sites for hydroxylation is 1. The van der Waals surface area contributed by atoms with E-state index in [1.807, 2.05) is 31.2 Å². The van der Waals surface area contributed by atoms with E-state index in [1.54, 1.807) is 17.9 Å². The van der Waals surface area contributed by atoms with Crippen molar-refractivity contribution in [3.05, 3.63) is 70.6 Å². The maximum Gasteiger partial charge on any atom is 0.339 e. The van der Waals surface area contributed by atoms with Gasteiger partial charge in [0.25, 0.3) is 5.91 Å². The van der Waals surface area contributed by atoms with Gasteiger partial charge in [-0.1, -0.05) is 37.6 Å². The molecule has 1 aromatic carbocycles. The number of benzene rings is 1. The standard InChI is InChI=1S/C21H25N5O3/c1-4-6-17-18(21(28)29-3)14(2)25-19(17)20(27)23-10-15-7-5-8-16(9-15)11-26-13-22-12-24-26/h5,7-9,12-13,25H,4,6,10-11H2,1-3H3,(H,23,27). The minimum absolute atomic E-state index is 0.242. The first-order chi connectivity index (χ1) is 14.0. The highest BCUT2D eigenvalue weighted by Gasteiger charge is 2.24. The molecule has 0 aliphatic rings. The van der Waals surface area contributed by atoms with Crippen molar-refractivity contribution in [2.45, 2.75) is 39.8 Å². The lowest BCUT2D eigenvalue weighted by molar-refractivity contribution is 0.0599. The van der Waals surface area contributed by atoms with Crippen LogP contribution < -0.4 is 5.32 Å². The first-order valence-corrected chi connectivity index (χ1v) is 9.51. The first kappa shape index (κ1) is 20.3. The Hall–Kier alpha value is -3.42. The molecule has 0 saturated heterocycles. The van der Waals surface area contributed by atoms with E-state index in [0.29, 0.717) is 42.0 Å². The number of H-pyrrole nitrogens is 1. The number of hydrogen-bond donors (Lipinski definition) is 2. The largest absolute Gasteiger partial charge is 0.465 e. The van der Waals surface area contributed by atoms with Crippen molar-refractivity contribution >= 4 is 11.9 Å². The summed E-state index contributed by atoms with van der Waals surface area (Å²) in [6, 6.07) is 7.93. The third-order valence-corrected chi connectivity index (χ3v) is 4.66. The average Bonchev–Trinajstić information content (AvgIpc) is 3.34. The summed E-state index contributed by atoms with van der Waals surface area (Å²) in [6.45, 7) is 4.77. The normalized spacial score (nSPS) is 10.7. The van der Waals surface area contributed by atoms with Crippen LogP contribution in [0.1, 0.15) is 56.6 Å². The molecule has 3 rings (SSSR count). The van der Waals surface area contributed by atoms with Gasteiger partial charge in [-0.3, -0.25) is 4.79 Å². The summed E-state index contributed by atoms with van der Waals surface area (Å²) >= 11 is 0. The fourth-order valence-corrected chi connectivity index (χ4v) is 3.36. The van der Waals surface area contributed by atoms with Gasteiger partial charge in [0, 0.05) is 12.2 Å². The van der Waals surface area contributed by atoms with Gasteiger partial charge >= 0.3 is 5.97 Å². The van der Waals surface area contributed by atoms with E-state index < -0.39 is 5.97 Å². The highest BCUT2D eigenvalue weighted by Crippen LogP contribution is 2.22. The molecule has 0 saturated carbocycles. The maximum absolute atomic E-state index is 12.8. The number of esters is 1. The lowest BCUT2D eigenvalue weighted by Crippen LogP contribution is -2.24. The van der Waals surface area contributed by atoms with Gasteiger partial charge in [-0.25, -0.2) is 14.5 Å². The van der Waals surface area contributed by atoms with Crippen LogP contribution in [0, 0.1) is 6.92 Å². The molecular weight excluding hydrogens is 370 g/mol. The zero-order chi connectivity index (χ0) is 20.8. The molecule has 0 spiro atoms. The van der Waals surface area contributed by atoms with E-state index in [9.17, 15) is 9.59 Å². The van der Waals surface area contributed by atoms with Gasteiger partial charge < -0.3 is 15.0 Å². The number of carbonyl (C=O) groups excluding carboxylic acids is 2. The summed E-state index contributed by atoms with van der Waals surface area (Å²) in [5.74, 6) is -0.671. The van der Waals surface area contributed by atoms with Crippen molar-refractivity contribution < 1.29 is 14.3 Å². The molecular formula is C21H25N5O3. The van der Waals surface area contributed by atoms with Crippen LogP contribution in [0.2, 0.25) is 0 Å². The number of carbonyl (C=O) groups is 2. The Kier molecular flexibility index (Phi) is 6.43. The van der Waals surface area contributed by atoms with Crippen LogP contribution in [0.3, 0.4) is 0 Å². The van der Waals surface area contributed by atoms with Gasteiger partial charge in [0.1, 0.15) is 18.3 Å². The van der Waals surface area contributed by atoms with Crippen LogP contribution in [0.4, 0.5) is 0 Å². The highest BCUT2D eigenvalue weighted by molar-refractivity contribution is 6.00. The molecule has 0 bridgehead atoms. The molecule has 152 valence electrons. The zero-order valence-corrected chi connectivity index (χ0v) is 16.9. The molecule has 3 aromatic rings. The second-order valence-electron chi connectivity index (χ2n) is 6.82. The topological polar surface area (TPSA) is 102 Å². The molecule has 2 N–H and O–H groups in total. The quantitative estimate of drug-likeness (QED) is 0.571. The molecule has 0 fully saturated rings. The van der Waals surface area contributed by atoms with Crippen molar-refractivity contribution in [1.82, 2.24) is 25.1 Å². The van der Waals surface area contributed by atoms with Gasteiger partial charge in [0.2, 0.25) is 0 Å². The molecule has 1 amide bonds. The third-order valence-electron chi connectivity index (χ3n) is 4.66. The summed E-state index contributed by atoms with van der Waals surface area (Å²) in [5.41, 5.74) is 4.26. The zero-order valence-electron chi connectivity index (χ0n) is 16.9. The van der Waals surface area contributed by atoms with Crippen molar-refractivity contribution in [1.29, 1.82) is 0 Å². The Labute approximate surface area is 169 Å². The number of hydrogen-bond acceptors (Lipinski definition) is 5. The molecule has 0 unspecified atom stereocenters. The van der Waals surface area contributed by atoms with Gasteiger partial charge in [-0.15, -0.1) is 0 Å². The number of aromatic nitrogens is 4. The second-order valence-corrected chi connectivity index (χ2v) is 6.82. The summed E-state index contributed by atoms with van der Waals surface area (Å²) in [7, 11) is 1.34. The summed E-state index contributed by atoms with van der Waals surface area (Å²) in [6.07, 6.45) is 4.59. The number of aromatic amines is 1. The SMILES string of the molecule is CCCc1c(C(=O)NCc2cccc(Cn3cncn3)c2)[nH]c(C)c1C(=O)OC. The molecule has 8 heteroatoms. The summed E-state index contributed by atoms with van der Waals surface area (Å²) < 4.78 is 6.62. The van der Waals surface area contributed by atoms with Gasteiger partial charge in [0.05, 0.1) is 19.2 Å². The monoisotopic (exact) mass is 395 g/mol. The van der Waals surface area contributed by atoms with E-state index in [2.05, 4.69) is 20.4 Å². The van der Waals surface area contributed by atoms with Crippen LogP contribution in [0.5, 0.6) is 0 Å². The Morgan fingerprint density at radius 3 is 2.76 bits per heavy atom. The van der Waals surface area contributed by atoms with Gasteiger partial charge in [-0.05, 0) is 30.0 Å². The summed E-state index contributed by atoms with van der Waals surface area (Å²) in [4.78, 5) is 31.9. The molecule has 2 aromatic heterocycles. The molecule has 0 aliphatic carbocycles. The van der Waals surface area contributed by atoms with E-state index in [-0.39, 0.29) is 5.91 Å². The van der Waals surface area contributed by atoms with E-state index in [1.165, 1.54) is 13.4 Å². The molecule has 2 heterocycles. The first-order valence-electron chi connectivity index (χ1n) is 9.51. The number of nitrogens with zero attached hydrogens (tertiary/aromatic N) is 3. The molecule has 0 aliphatic heterocycles. The number of amides is 1.